The lowest BCUT2D eigenvalue weighted by Crippen LogP contribution is -2.27. The summed E-state index contributed by atoms with van der Waals surface area (Å²) < 4.78 is 0. The summed E-state index contributed by atoms with van der Waals surface area (Å²) >= 11 is 5.21. The number of nitrogens with two attached hydrogens (primary N) is 1. The molecule has 0 radical (unpaired) electrons. The van der Waals surface area contributed by atoms with Crippen molar-refractivity contribution in [2.45, 2.75) is 19.4 Å². The van der Waals surface area contributed by atoms with Crippen LogP contribution in [0.25, 0.3) is 0 Å². The maximum Gasteiger partial charge on any atom is 0.244 e. The van der Waals surface area contributed by atoms with Gasteiger partial charge < -0.3 is 21.8 Å². The van der Waals surface area contributed by atoms with Crippen molar-refractivity contribution in [1.82, 2.24) is 0 Å². The molecule has 2 aromatic carbocycles. The molecule has 2 aromatic rings. The Labute approximate surface area is 157 Å². The highest BCUT2D eigenvalue weighted by Crippen LogP contribution is 2.25. The Balaban J connectivity index is 2.28. The van der Waals surface area contributed by atoms with E-state index in [1.807, 2.05) is 30.3 Å². The third kappa shape index (κ3) is 5.13. The zero-order chi connectivity index (χ0) is 19.1. The van der Waals surface area contributed by atoms with Crippen LogP contribution >= 0.6 is 12.2 Å². The van der Waals surface area contributed by atoms with Crippen molar-refractivity contribution >= 4 is 40.2 Å². The van der Waals surface area contributed by atoms with E-state index < -0.39 is 11.9 Å². The smallest absolute Gasteiger partial charge is 0.244 e. The molecule has 6 nitrogen and oxygen atoms in total. The van der Waals surface area contributed by atoms with Crippen LogP contribution in [-0.4, -0.2) is 16.6 Å². The van der Waals surface area contributed by atoms with E-state index in [-0.39, 0.29) is 0 Å². The van der Waals surface area contributed by atoms with E-state index in [4.69, 9.17) is 23.4 Å². The molecular formula is C19H19N5OS. The topological polar surface area (TPSA) is 115 Å². The molecule has 132 valence electrons. The standard InChI is InChI=1S/C19H19N5OS/c1-12(21)9-17(26)24-16-10-15(8-7-14(16)11-20)23-18(19(22)25)13-5-3-2-4-6-13/h2-8,10,18,21,23H,9H2,1H3,(H2,22,25)(H,24,26). The minimum absolute atomic E-state index is 0.311. The van der Waals surface area contributed by atoms with Gasteiger partial charge in [0.1, 0.15) is 12.1 Å². The average molecular weight is 365 g/mol. The number of rotatable bonds is 7. The van der Waals surface area contributed by atoms with Crippen LogP contribution in [0.4, 0.5) is 11.4 Å². The van der Waals surface area contributed by atoms with Crippen molar-refractivity contribution in [3.63, 3.8) is 0 Å². The minimum atomic E-state index is -0.701. The van der Waals surface area contributed by atoms with Gasteiger partial charge in [-0.25, -0.2) is 0 Å². The lowest BCUT2D eigenvalue weighted by molar-refractivity contribution is -0.118. The molecule has 0 heterocycles. The first kappa shape index (κ1) is 19.1. The van der Waals surface area contributed by atoms with Gasteiger partial charge >= 0.3 is 0 Å². The second-order valence-corrected chi connectivity index (χ2v) is 6.26. The molecule has 0 aliphatic rings. The summed E-state index contributed by atoms with van der Waals surface area (Å²) in [4.78, 5) is 12.3. The summed E-state index contributed by atoms with van der Waals surface area (Å²) in [6.07, 6.45) is 0.311. The molecule has 0 spiro atoms. The number of amides is 1. The number of nitrogens with one attached hydrogen (secondary N) is 3. The van der Waals surface area contributed by atoms with Gasteiger partial charge in [0.25, 0.3) is 0 Å². The predicted octanol–water partition coefficient (Wildman–Crippen LogP) is 3.37. The van der Waals surface area contributed by atoms with Crippen molar-refractivity contribution in [3.05, 3.63) is 59.7 Å². The Morgan fingerprint density at radius 2 is 2.00 bits per heavy atom. The number of benzene rings is 2. The summed E-state index contributed by atoms with van der Waals surface area (Å²) in [5.74, 6) is -0.509. The first-order valence-corrected chi connectivity index (χ1v) is 8.30. The molecule has 2 rings (SSSR count). The van der Waals surface area contributed by atoms with Crippen LogP contribution in [-0.2, 0) is 4.79 Å². The second kappa shape index (κ2) is 8.74. The zero-order valence-corrected chi connectivity index (χ0v) is 15.1. The molecule has 1 atom stereocenters. The van der Waals surface area contributed by atoms with Gasteiger partial charge in [0.05, 0.1) is 16.2 Å². The highest BCUT2D eigenvalue weighted by Gasteiger charge is 2.18. The first-order valence-electron chi connectivity index (χ1n) is 7.89. The average Bonchev–Trinajstić information content (AvgIpc) is 2.59. The summed E-state index contributed by atoms with van der Waals surface area (Å²) in [6.45, 7) is 1.66. The second-order valence-electron chi connectivity index (χ2n) is 5.77. The Hall–Kier alpha value is -3.24. The van der Waals surface area contributed by atoms with Gasteiger partial charge in [0, 0.05) is 17.8 Å². The van der Waals surface area contributed by atoms with E-state index >= 15 is 0 Å². The molecule has 5 N–H and O–H groups in total. The number of hydrogen-bond donors (Lipinski definition) is 4. The van der Waals surface area contributed by atoms with Gasteiger partial charge in [-0.3, -0.25) is 4.79 Å². The fourth-order valence-electron chi connectivity index (χ4n) is 2.40. The fourth-order valence-corrected chi connectivity index (χ4v) is 2.73. The molecule has 26 heavy (non-hydrogen) atoms. The quantitative estimate of drug-likeness (QED) is 0.444. The third-order valence-electron chi connectivity index (χ3n) is 3.57. The van der Waals surface area contributed by atoms with Crippen molar-refractivity contribution in [2.24, 2.45) is 5.73 Å². The van der Waals surface area contributed by atoms with Crippen molar-refractivity contribution in [1.29, 1.82) is 10.7 Å². The van der Waals surface area contributed by atoms with E-state index in [1.54, 1.807) is 25.1 Å². The van der Waals surface area contributed by atoms with E-state index in [2.05, 4.69) is 16.7 Å². The lowest BCUT2D eigenvalue weighted by atomic mass is 10.1. The van der Waals surface area contributed by atoms with E-state index in [0.29, 0.717) is 34.1 Å². The summed E-state index contributed by atoms with van der Waals surface area (Å²) in [6, 6.07) is 15.6. The Bertz CT molecular complexity index is 873. The van der Waals surface area contributed by atoms with Crippen molar-refractivity contribution < 1.29 is 4.79 Å². The maximum atomic E-state index is 11.9. The lowest BCUT2D eigenvalue weighted by Gasteiger charge is -2.18. The highest BCUT2D eigenvalue weighted by molar-refractivity contribution is 7.80. The Morgan fingerprint density at radius 3 is 2.58 bits per heavy atom. The van der Waals surface area contributed by atoms with Gasteiger partial charge in [-0.15, -0.1) is 0 Å². The molecule has 1 unspecified atom stereocenters. The summed E-state index contributed by atoms with van der Waals surface area (Å²) in [5.41, 5.74) is 8.25. The molecule has 0 saturated carbocycles. The molecule has 0 aliphatic heterocycles. The maximum absolute atomic E-state index is 11.9. The predicted molar refractivity (Wildman–Crippen MR) is 107 cm³/mol. The number of nitriles is 1. The Kier molecular flexibility index (Phi) is 6.42. The van der Waals surface area contributed by atoms with Gasteiger partial charge in [0.15, 0.2) is 0 Å². The van der Waals surface area contributed by atoms with E-state index in [1.165, 1.54) is 0 Å². The van der Waals surface area contributed by atoms with Crippen LogP contribution in [0.3, 0.4) is 0 Å². The van der Waals surface area contributed by atoms with Crippen LogP contribution in [0.5, 0.6) is 0 Å². The van der Waals surface area contributed by atoms with Crippen LogP contribution in [0.15, 0.2) is 48.5 Å². The van der Waals surface area contributed by atoms with Crippen molar-refractivity contribution in [3.8, 4) is 6.07 Å². The Morgan fingerprint density at radius 1 is 1.31 bits per heavy atom. The highest BCUT2D eigenvalue weighted by atomic mass is 32.1. The number of nitrogens with zero attached hydrogens (tertiary/aromatic N) is 1. The normalized spacial score (nSPS) is 11.1. The number of hydrogen-bond acceptors (Lipinski definition) is 5. The SMILES string of the molecule is CC(=N)CC(=S)Nc1cc(NC(C(N)=O)c2ccccc2)ccc1C#N. The van der Waals surface area contributed by atoms with Crippen LogP contribution < -0.4 is 16.4 Å². The van der Waals surface area contributed by atoms with Crippen molar-refractivity contribution in [2.75, 3.05) is 10.6 Å². The summed E-state index contributed by atoms with van der Waals surface area (Å²) in [5, 5.41) is 22.9. The molecule has 0 fully saturated rings. The number of thiocarbonyl (C=S) groups is 1. The number of anilines is 2. The molecule has 0 aliphatic carbocycles. The van der Waals surface area contributed by atoms with Gasteiger partial charge in [-0.1, -0.05) is 42.5 Å². The zero-order valence-electron chi connectivity index (χ0n) is 14.2. The molecule has 0 bridgehead atoms. The van der Waals surface area contributed by atoms with Gasteiger partial charge in [0.2, 0.25) is 5.91 Å². The van der Waals surface area contributed by atoms with Crippen LogP contribution in [0.2, 0.25) is 0 Å². The minimum Gasteiger partial charge on any atom is -0.370 e. The largest absolute Gasteiger partial charge is 0.370 e. The molecule has 0 aromatic heterocycles. The van der Waals surface area contributed by atoms with Crippen LogP contribution in [0, 0.1) is 16.7 Å². The van der Waals surface area contributed by atoms with Gasteiger partial charge in [-0.05, 0) is 30.7 Å². The molecule has 7 heteroatoms. The monoisotopic (exact) mass is 365 g/mol. The fraction of sp³-hybridized carbons (Fsp3) is 0.158. The molecule has 1 amide bonds. The molecule has 0 saturated heterocycles. The van der Waals surface area contributed by atoms with E-state index in [0.717, 1.165) is 5.56 Å². The number of carbonyl (C=O) groups excluding carboxylic acids is 1. The number of carbonyl (C=O) groups is 1. The molecular weight excluding hydrogens is 346 g/mol. The third-order valence-corrected chi connectivity index (χ3v) is 3.81. The first-order chi connectivity index (χ1) is 12.4. The van der Waals surface area contributed by atoms with Gasteiger partial charge in [-0.2, -0.15) is 5.26 Å². The summed E-state index contributed by atoms with van der Waals surface area (Å²) in [7, 11) is 0. The van der Waals surface area contributed by atoms with Crippen LogP contribution in [0.1, 0.15) is 30.5 Å². The van der Waals surface area contributed by atoms with E-state index in [9.17, 15) is 10.1 Å². The number of primary amides is 1.